The van der Waals surface area contributed by atoms with Crippen LogP contribution in [0.3, 0.4) is 0 Å². The van der Waals surface area contributed by atoms with Gasteiger partial charge < -0.3 is 9.42 Å². The normalized spacial score (nSPS) is 16.7. The van der Waals surface area contributed by atoms with Gasteiger partial charge in [-0.25, -0.2) is 0 Å². The molecule has 0 aliphatic carbocycles. The Balaban J connectivity index is 1.51. The molecule has 3 aromatic rings. The van der Waals surface area contributed by atoms with Crippen LogP contribution in [-0.2, 0) is 6.42 Å². The van der Waals surface area contributed by atoms with Gasteiger partial charge in [0.1, 0.15) is 5.76 Å². The minimum absolute atomic E-state index is 0.0734. The van der Waals surface area contributed by atoms with Crippen LogP contribution < -0.4 is 0 Å². The van der Waals surface area contributed by atoms with Gasteiger partial charge in [0, 0.05) is 31.7 Å². The van der Waals surface area contributed by atoms with Gasteiger partial charge >= 0.3 is 0 Å². The zero-order valence-electron chi connectivity index (χ0n) is 15.3. The van der Waals surface area contributed by atoms with Gasteiger partial charge in [-0.3, -0.25) is 14.8 Å². The molecule has 1 unspecified atom stereocenters. The van der Waals surface area contributed by atoms with E-state index >= 15 is 0 Å². The Bertz CT molecular complexity index is 936. The molecule has 0 N–H and O–H groups in total. The van der Waals surface area contributed by atoms with E-state index in [1.54, 1.807) is 30.7 Å². The van der Waals surface area contributed by atoms with Gasteiger partial charge in [-0.15, -0.1) is 5.10 Å². The van der Waals surface area contributed by atoms with Gasteiger partial charge in [-0.1, -0.05) is 5.16 Å². The summed E-state index contributed by atoms with van der Waals surface area (Å²) in [5, 5.41) is 11.7. The van der Waals surface area contributed by atoms with Gasteiger partial charge in [0.15, 0.2) is 5.69 Å². The molecule has 8 heteroatoms. The number of carbonyl (C=O) groups is 1. The molecular formula is C19H20N6O2. The van der Waals surface area contributed by atoms with Crippen molar-refractivity contribution in [3.8, 4) is 11.3 Å². The molecule has 138 valence electrons. The van der Waals surface area contributed by atoms with Crippen LogP contribution in [-0.4, -0.2) is 49.2 Å². The maximum atomic E-state index is 12.6. The first-order valence-electron chi connectivity index (χ1n) is 8.93. The van der Waals surface area contributed by atoms with Crippen molar-refractivity contribution in [2.45, 2.75) is 26.7 Å². The van der Waals surface area contributed by atoms with E-state index in [9.17, 15) is 4.79 Å². The van der Waals surface area contributed by atoms with Crippen molar-refractivity contribution < 1.29 is 9.32 Å². The van der Waals surface area contributed by atoms with Crippen molar-refractivity contribution in [1.82, 2.24) is 30.2 Å². The Labute approximate surface area is 156 Å². The highest BCUT2D eigenvalue weighted by molar-refractivity contribution is 5.92. The minimum atomic E-state index is -0.0734. The molecule has 27 heavy (non-hydrogen) atoms. The van der Waals surface area contributed by atoms with Gasteiger partial charge in [-0.2, -0.15) is 5.10 Å². The van der Waals surface area contributed by atoms with Crippen LogP contribution in [0.15, 0.2) is 35.2 Å². The lowest BCUT2D eigenvalue weighted by molar-refractivity contribution is 0.0780. The third-order valence-corrected chi connectivity index (χ3v) is 4.89. The highest BCUT2D eigenvalue weighted by Crippen LogP contribution is 2.30. The summed E-state index contributed by atoms with van der Waals surface area (Å²) in [7, 11) is 0. The number of hydrogen-bond donors (Lipinski definition) is 0. The number of aromatic nitrogens is 5. The molecule has 1 aliphatic heterocycles. The van der Waals surface area contributed by atoms with E-state index in [0.29, 0.717) is 24.7 Å². The molecule has 0 bridgehead atoms. The van der Waals surface area contributed by atoms with Gasteiger partial charge in [0.2, 0.25) is 0 Å². The molecule has 1 atom stereocenters. The predicted octanol–water partition coefficient (Wildman–Crippen LogP) is 2.24. The molecular weight excluding hydrogens is 344 g/mol. The first-order chi connectivity index (χ1) is 13.1. The molecule has 0 spiro atoms. The van der Waals surface area contributed by atoms with Gasteiger partial charge in [-0.05, 0) is 44.7 Å². The SMILES string of the molecule is Cc1noc(C)c1-c1nccnc1CC1CCN(C(=O)c2cccnn2)C1. The summed E-state index contributed by atoms with van der Waals surface area (Å²) in [6, 6.07) is 3.42. The fourth-order valence-corrected chi connectivity index (χ4v) is 3.58. The number of likely N-dealkylation sites (tertiary alicyclic amines) is 1. The molecule has 1 amide bonds. The number of nitrogens with zero attached hydrogens (tertiary/aromatic N) is 6. The number of aryl methyl sites for hydroxylation is 2. The maximum absolute atomic E-state index is 12.6. The molecule has 4 heterocycles. The average Bonchev–Trinajstić information content (AvgIpc) is 3.29. The smallest absolute Gasteiger partial charge is 0.274 e. The summed E-state index contributed by atoms with van der Waals surface area (Å²) in [5.41, 5.74) is 3.82. The molecule has 1 saturated heterocycles. The van der Waals surface area contributed by atoms with Crippen LogP contribution in [0.1, 0.15) is 34.1 Å². The first-order valence-corrected chi connectivity index (χ1v) is 8.93. The lowest BCUT2D eigenvalue weighted by Crippen LogP contribution is -2.29. The summed E-state index contributed by atoms with van der Waals surface area (Å²) in [4.78, 5) is 23.5. The van der Waals surface area contributed by atoms with Crippen molar-refractivity contribution in [1.29, 1.82) is 0 Å². The molecule has 3 aromatic heterocycles. The van der Waals surface area contributed by atoms with Crippen molar-refractivity contribution in [3.05, 3.63) is 53.6 Å². The topological polar surface area (TPSA) is 97.9 Å². The van der Waals surface area contributed by atoms with Crippen LogP contribution in [0.4, 0.5) is 0 Å². The Hall–Kier alpha value is -3.16. The Morgan fingerprint density at radius 2 is 2.11 bits per heavy atom. The van der Waals surface area contributed by atoms with Gasteiger partial charge in [0.05, 0.1) is 22.6 Å². The van der Waals surface area contributed by atoms with Crippen molar-refractivity contribution in [2.24, 2.45) is 5.92 Å². The quantitative estimate of drug-likeness (QED) is 0.700. The number of amides is 1. The summed E-state index contributed by atoms with van der Waals surface area (Å²) in [6.45, 7) is 5.17. The minimum Gasteiger partial charge on any atom is -0.361 e. The number of rotatable bonds is 4. The molecule has 8 nitrogen and oxygen atoms in total. The Kier molecular flexibility index (Phi) is 4.62. The first kappa shape index (κ1) is 17.3. The van der Waals surface area contributed by atoms with E-state index in [4.69, 9.17) is 4.52 Å². The standard InChI is InChI=1S/C19H20N6O2/c1-12-17(13(2)27-24-12)18-16(20-7-8-21-18)10-14-5-9-25(11-14)19(26)15-4-3-6-22-23-15/h3-4,6-8,14H,5,9-11H2,1-2H3. The van der Waals surface area contributed by atoms with E-state index in [1.165, 1.54) is 0 Å². The second-order valence-electron chi connectivity index (χ2n) is 6.77. The molecule has 0 radical (unpaired) electrons. The summed E-state index contributed by atoms with van der Waals surface area (Å²) >= 11 is 0. The molecule has 0 saturated carbocycles. The second-order valence-corrected chi connectivity index (χ2v) is 6.77. The summed E-state index contributed by atoms with van der Waals surface area (Å²) in [6.07, 6.45) is 6.62. The van der Waals surface area contributed by atoms with Crippen molar-refractivity contribution in [3.63, 3.8) is 0 Å². The van der Waals surface area contributed by atoms with Crippen molar-refractivity contribution >= 4 is 5.91 Å². The fraction of sp³-hybridized carbons (Fsp3) is 0.368. The zero-order valence-corrected chi connectivity index (χ0v) is 15.3. The van der Waals surface area contributed by atoms with Crippen LogP contribution in [0.5, 0.6) is 0 Å². The molecule has 0 aromatic carbocycles. The fourth-order valence-electron chi connectivity index (χ4n) is 3.58. The highest BCUT2D eigenvalue weighted by atomic mass is 16.5. The molecule has 1 aliphatic rings. The third-order valence-electron chi connectivity index (χ3n) is 4.89. The Morgan fingerprint density at radius 3 is 2.85 bits per heavy atom. The average molecular weight is 364 g/mol. The van der Waals surface area contributed by atoms with Crippen LogP contribution in [0, 0.1) is 19.8 Å². The lowest BCUT2D eigenvalue weighted by Gasteiger charge is -2.16. The van der Waals surface area contributed by atoms with E-state index in [0.717, 1.165) is 41.2 Å². The zero-order chi connectivity index (χ0) is 18.8. The van der Waals surface area contributed by atoms with E-state index in [2.05, 4.69) is 25.3 Å². The van der Waals surface area contributed by atoms with E-state index < -0.39 is 0 Å². The predicted molar refractivity (Wildman–Crippen MR) is 96.7 cm³/mol. The second kappa shape index (κ2) is 7.22. The maximum Gasteiger partial charge on any atom is 0.274 e. The van der Waals surface area contributed by atoms with Crippen LogP contribution in [0.25, 0.3) is 11.3 Å². The monoisotopic (exact) mass is 364 g/mol. The highest BCUT2D eigenvalue weighted by Gasteiger charge is 2.29. The lowest BCUT2D eigenvalue weighted by atomic mass is 9.98. The number of hydrogen-bond acceptors (Lipinski definition) is 7. The molecule has 4 rings (SSSR count). The van der Waals surface area contributed by atoms with E-state index in [-0.39, 0.29) is 5.91 Å². The van der Waals surface area contributed by atoms with Crippen LogP contribution in [0.2, 0.25) is 0 Å². The Morgan fingerprint density at radius 1 is 1.26 bits per heavy atom. The third kappa shape index (κ3) is 3.42. The molecule has 1 fully saturated rings. The largest absolute Gasteiger partial charge is 0.361 e. The van der Waals surface area contributed by atoms with E-state index in [1.807, 2.05) is 18.7 Å². The summed E-state index contributed by atoms with van der Waals surface area (Å²) in [5.74, 6) is 0.984. The van der Waals surface area contributed by atoms with Crippen molar-refractivity contribution in [2.75, 3.05) is 13.1 Å². The number of carbonyl (C=O) groups excluding carboxylic acids is 1. The van der Waals surface area contributed by atoms with Gasteiger partial charge in [0.25, 0.3) is 5.91 Å². The summed E-state index contributed by atoms with van der Waals surface area (Å²) < 4.78 is 5.29. The van der Waals surface area contributed by atoms with Crippen LogP contribution >= 0.6 is 0 Å².